The van der Waals surface area contributed by atoms with Gasteiger partial charge in [0.05, 0.1) is 18.8 Å². The van der Waals surface area contributed by atoms with Gasteiger partial charge in [-0.25, -0.2) is 9.78 Å². The summed E-state index contributed by atoms with van der Waals surface area (Å²) < 4.78 is 11.1. The topological polar surface area (TPSA) is 113 Å². The lowest BCUT2D eigenvalue weighted by molar-refractivity contribution is -0.00606. The fourth-order valence-corrected chi connectivity index (χ4v) is 3.80. The Morgan fingerprint density at radius 2 is 2.36 bits per heavy atom. The van der Waals surface area contributed by atoms with Crippen molar-refractivity contribution in [2.24, 2.45) is 0 Å². The van der Waals surface area contributed by atoms with Crippen molar-refractivity contribution in [3.63, 3.8) is 0 Å². The van der Waals surface area contributed by atoms with E-state index in [9.17, 15) is 9.59 Å². The molecule has 10 heteroatoms. The third-order valence-electron chi connectivity index (χ3n) is 4.31. The van der Waals surface area contributed by atoms with Crippen LogP contribution in [0.2, 0.25) is 0 Å². The van der Waals surface area contributed by atoms with Crippen LogP contribution in [0.3, 0.4) is 0 Å². The number of aromatic amines is 1. The van der Waals surface area contributed by atoms with Crippen LogP contribution in [-0.4, -0.2) is 57.3 Å². The minimum atomic E-state index is -0.609. The monoisotopic (exact) mass is 363 g/mol. The molecule has 2 N–H and O–H groups in total. The highest BCUT2D eigenvalue weighted by Gasteiger charge is 2.45. The Bertz CT molecular complexity index is 777. The molecule has 1 spiro atoms. The Labute approximate surface area is 147 Å². The van der Waals surface area contributed by atoms with E-state index in [1.807, 2.05) is 0 Å². The molecule has 2 fully saturated rings. The molecule has 4 heterocycles. The molecule has 0 aliphatic carbocycles. The Morgan fingerprint density at radius 1 is 1.44 bits per heavy atom. The van der Waals surface area contributed by atoms with Crippen molar-refractivity contribution in [1.29, 1.82) is 0 Å². The van der Waals surface area contributed by atoms with Gasteiger partial charge in [0, 0.05) is 6.54 Å². The Kier molecular flexibility index (Phi) is 4.12. The molecule has 4 rings (SSSR count). The highest BCUT2D eigenvalue weighted by atomic mass is 32.2. The van der Waals surface area contributed by atoms with Gasteiger partial charge >= 0.3 is 6.09 Å². The minimum absolute atomic E-state index is 0.182. The van der Waals surface area contributed by atoms with Gasteiger partial charge < -0.3 is 19.4 Å². The van der Waals surface area contributed by atoms with Gasteiger partial charge in [-0.15, -0.1) is 0 Å². The van der Waals surface area contributed by atoms with E-state index < -0.39 is 11.7 Å². The molecule has 2 aromatic heterocycles. The van der Waals surface area contributed by atoms with Crippen molar-refractivity contribution in [3.05, 3.63) is 30.0 Å². The van der Waals surface area contributed by atoms with E-state index in [0.29, 0.717) is 42.1 Å². The number of thioether (sulfide) groups is 1. The molecule has 2 amide bonds. The van der Waals surface area contributed by atoms with E-state index in [4.69, 9.17) is 9.15 Å². The second-order valence-corrected chi connectivity index (χ2v) is 7.07. The van der Waals surface area contributed by atoms with Crippen LogP contribution in [-0.2, 0) is 10.5 Å². The zero-order valence-electron chi connectivity index (χ0n) is 13.4. The molecule has 2 aliphatic rings. The maximum absolute atomic E-state index is 12.7. The van der Waals surface area contributed by atoms with Gasteiger partial charge in [0.15, 0.2) is 10.9 Å². The van der Waals surface area contributed by atoms with E-state index in [-0.39, 0.29) is 5.91 Å². The Balaban J connectivity index is 1.40. The van der Waals surface area contributed by atoms with E-state index in [0.717, 1.165) is 12.8 Å². The molecule has 25 heavy (non-hydrogen) atoms. The van der Waals surface area contributed by atoms with Crippen molar-refractivity contribution in [2.45, 2.75) is 29.4 Å². The number of ether oxygens (including phenoxy) is 1. The van der Waals surface area contributed by atoms with Crippen LogP contribution in [0.5, 0.6) is 0 Å². The van der Waals surface area contributed by atoms with Crippen LogP contribution in [0.15, 0.2) is 28.0 Å². The van der Waals surface area contributed by atoms with Crippen molar-refractivity contribution in [1.82, 2.24) is 25.4 Å². The van der Waals surface area contributed by atoms with Crippen LogP contribution in [0.1, 0.15) is 29.2 Å². The number of likely N-dealkylation sites (tertiary alicyclic amines) is 1. The lowest BCUT2D eigenvalue weighted by Gasteiger charge is -2.37. The Morgan fingerprint density at radius 3 is 3.12 bits per heavy atom. The number of amides is 2. The number of nitrogens with zero attached hydrogens (tertiary/aromatic N) is 3. The van der Waals surface area contributed by atoms with Crippen LogP contribution in [0.4, 0.5) is 4.79 Å². The van der Waals surface area contributed by atoms with E-state index in [1.54, 1.807) is 17.0 Å². The molecule has 2 saturated heterocycles. The number of carbonyl (C=O) groups is 2. The number of hydrogen-bond acceptors (Lipinski definition) is 7. The summed E-state index contributed by atoms with van der Waals surface area (Å²) in [4.78, 5) is 29.8. The summed E-state index contributed by atoms with van der Waals surface area (Å²) in [6.07, 6.45) is 2.57. The first-order valence-corrected chi connectivity index (χ1v) is 8.95. The van der Waals surface area contributed by atoms with Gasteiger partial charge in [0.2, 0.25) is 0 Å². The fourth-order valence-electron chi connectivity index (χ4n) is 3.13. The van der Waals surface area contributed by atoms with Crippen molar-refractivity contribution in [3.8, 4) is 0 Å². The summed E-state index contributed by atoms with van der Waals surface area (Å²) in [7, 11) is 0. The zero-order chi connectivity index (χ0) is 17.3. The molecule has 0 bridgehead atoms. The normalized spacial score (nSPS) is 22.9. The predicted molar refractivity (Wildman–Crippen MR) is 87.0 cm³/mol. The lowest BCUT2D eigenvalue weighted by atomic mass is 9.93. The predicted octanol–water partition coefficient (Wildman–Crippen LogP) is 1.40. The third kappa shape index (κ3) is 3.34. The number of alkyl carbamates (subject to hydrolysis) is 1. The second-order valence-electron chi connectivity index (χ2n) is 6.10. The zero-order valence-corrected chi connectivity index (χ0v) is 14.2. The second kappa shape index (κ2) is 6.43. The molecular weight excluding hydrogens is 346 g/mol. The summed E-state index contributed by atoms with van der Waals surface area (Å²) >= 11 is 1.44. The average Bonchev–Trinajstić information content (AvgIpc) is 3.34. The minimum Gasteiger partial charge on any atom is -0.455 e. The maximum Gasteiger partial charge on any atom is 0.407 e. The van der Waals surface area contributed by atoms with Crippen LogP contribution >= 0.6 is 11.8 Å². The Hall–Kier alpha value is -2.49. The summed E-state index contributed by atoms with van der Waals surface area (Å²) in [5.74, 6) is 1.35. The van der Waals surface area contributed by atoms with Crippen molar-refractivity contribution >= 4 is 23.8 Å². The number of aromatic nitrogens is 3. The molecule has 0 aromatic carbocycles. The molecule has 2 aliphatic heterocycles. The highest BCUT2D eigenvalue weighted by molar-refractivity contribution is 7.98. The summed E-state index contributed by atoms with van der Waals surface area (Å²) in [5.41, 5.74) is -0.609. The summed E-state index contributed by atoms with van der Waals surface area (Å²) in [5, 5.41) is 9.90. The van der Waals surface area contributed by atoms with E-state index in [1.165, 1.54) is 18.1 Å². The lowest BCUT2D eigenvalue weighted by Crippen LogP contribution is -2.52. The standard InChI is InChI=1S/C15H17N5O4S/c21-12(20-5-1-4-15(8-20)7-16-14(22)24-15)11-3-2-10(23-11)6-25-13-17-9-18-19-13/h2-3,9H,1,4-8H2,(H,16,22)(H,17,18,19). The van der Waals surface area contributed by atoms with E-state index >= 15 is 0 Å². The van der Waals surface area contributed by atoms with Gasteiger partial charge in [-0.1, -0.05) is 11.8 Å². The van der Waals surface area contributed by atoms with Crippen LogP contribution in [0.25, 0.3) is 0 Å². The number of rotatable bonds is 4. The van der Waals surface area contributed by atoms with E-state index in [2.05, 4.69) is 20.5 Å². The molecule has 132 valence electrons. The van der Waals surface area contributed by atoms with Gasteiger partial charge in [-0.2, -0.15) is 5.10 Å². The summed E-state index contributed by atoms with van der Waals surface area (Å²) in [6.45, 7) is 1.45. The first-order chi connectivity index (χ1) is 12.1. The molecule has 0 saturated carbocycles. The van der Waals surface area contributed by atoms with Gasteiger partial charge in [-0.3, -0.25) is 9.89 Å². The summed E-state index contributed by atoms with van der Waals surface area (Å²) in [6, 6.07) is 3.46. The number of furan rings is 1. The molecular formula is C15H17N5O4S. The number of piperidine rings is 1. The van der Waals surface area contributed by atoms with Crippen LogP contribution < -0.4 is 5.32 Å². The molecule has 2 aromatic rings. The number of hydrogen-bond donors (Lipinski definition) is 2. The molecule has 1 atom stereocenters. The smallest absolute Gasteiger partial charge is 0.407 e. The van der Waals surface area contributed by atoms with Crippen molar-refractivity contribution in [2.75, 3.05) is 19.6 Å². The fraction of sp³-hybridized carbons (Fsp3) is 0.467. The maximum atomic E-state index is 12.7. The largest absolute Gasteiger partial charge is 0.455 e. The van der Waals surface area contributed by atoms with Gasteiger partial charge in [0.1, 0.15) is 17.7 Å². The third-order valence-corrected chi connectivity index (χ3v) is 5.21. The van der Waals surface area contributed by atoms with Gasteiger partial charge in [-0.05, 0) is 25.0 Å². The average molecular weight is 363 g/mol. The first kappa shape index (κ1) is 16.0. The highest BCUT2D eigenvalue weighted by Crippen LogP contribution is 2.29. The van der Waals surface area contributed by atoms with Crippen molar-refractivity contribution < 1.29 is 18.7 Å². The van der Waals surface area contributed by atoms with Crippen LogP contribution in [0, 0.1) is 0 Å². The number of H-pyrrole nitrogens is 1. The number of nitrogens with one attached hydrogen (secondary N) is 2. The SMILES string of the molecule is O=C1NCC2(CCCN(C(=O)c3ccc(CSc4ncn[nH]4)o3)C2)O1. The number of carbonyl (C=O) groups excluding carboxylic acids is 2. The quantitative estimate of drug-likeness (QED) is 0.789. The molecule has 1 unspecified atom stereocenters. The first-order valence-electron chi connectivity index (χ1n) is 7.97. The van der Waals surface area contributed by atoms with Gasteiger partial charge in [0.25, 0.3) is 5.91 Å². The molecule has 0 radical (unpaired) electrons. The molecule has 9 nitrogen and oxygen atoms in total.